The Kier molecular flexibility index (Phi) is 5.66. The van der Waals surface area contributed by atoms with E-state index < -0.39 is 23.0 Å². The molecule has 0 saturated carbocycles. The van der Waals surface area contributed by atoms with Crippen molar-refractivity contribution < 1.29 is 18.1 Å². The van der Waals surface area contributed by atoms with E-state index in [1.807, 2.05) is 0 Å². The summed E-state index contributed by atoms with van der Waals surface area (Å²) >= 11 is 6.05. The zero-order valence-corrected chi connectivity index (χ0v) is 17.6. The molecular weight excluding hydrogens is 444 g/mol. The van der Waals surface area contributed by atoms with Crippen LogP contribution in [0.2, 0.25) is 5.15 Å². The van der Waals surface area contributed by atoms with Crippen LogP contribution in [-0.4, -0.2) is 42.8 Å². The van der Waals surface area contributed by atoms with E-state index in [9.17, 15) is 13.6 Å². The maximum atomic E-state index is 14.0. The summed E-state index contributed by atoms with van der Waals surface area (Å²) in [6.07, 6.45) is 0. The highest BCUT2D eigenvalue weighted by atomic mass is 35.5. The van der Waals surface area contributed by atoms with E-state index in [2.05, 4.69) is 30.9 Å². The third-order valence-electron chi connectivity index (χ3n) is 4.82. The molecule has 12 heteroatoms. The van der Waals surface area contributed by atoms with Crippen LogP contribution in [-0.2, 0) is 12.5 Å². The molecule has 1 amide bonds. The van der Waals surface area contributed by atoms with Crippen LogP contribution < -0.4 is 5.32 Å². The van der Waals surface area contributed by atoms with Crippen LogP contribution in [0.3, 0.4) is 0 Å². The Labute approximate surface area is 185 Å². The first-order chi connectivity index (χ1) is 15.3. The molecule has 32 heavy (non-hydrogen) atoms. The van der Waals surface area contributed by atoms with Crippen LogP contribution in [0.5, 0.6) is 0 Å². The molecule has 3 heterocycles. The Hall–Kier alpha value is -3.73. The molecule has 164 valence electrons. The van der Waals surface area contributed by atoms with Gasteiger partial charge in [-0.15, -0.1) is 10.2 Å². The van der Waals surface area contributed by atoms with Gasteiger partial charge in [-0.1, -0.05) is 22.8 Å². The van der Waals surface area contributed by atoms with Crippen LogP contribution in [0, 0.1) is 11.6 Å². The van der Waals surface area contributed by atoms with Crippen molar-refractivity contribution >= 4 is 17.5 Å². The number of hydrogen-bond acceptors (Lipinski definition) is 7. The van der Waals surface area contributed by atoms with Gasteiger partial charge in [-0.05, 0) is 36.4 Å². The lowest BCUT2D eigenvalue weighted by molar-refractivity contribution is 0.0937. The number of carbonyl (C=O) groups is 1. The van der Waals surface area contributed by atoms with Gasteiger partial charge in [0.25, 0.3) is 5.91 Å². The minimum absolute atomic E-state index is 0.0116. The van der Waals surface area contributed by atoms with Gasteiger partial charge in [-0.25, -0.2) is 13.8 Å². The number of nitrogens with one attached hydrogen (secondary N) is 1. The quantitative estimate of drug-likeness (QED) is 0.441. The molecule has 1 aromatic carbocycles. The Morgan fingerprint density at radius 3 is 2.75 bits per heavy atom. The largest absolute Gasteiger partial charge is 0.355 e. The van der Waals surface area contributed by atoms with E-state index in [-0.39, 0.29) is 28.7 Å². The van der Waals surface area contributed by atoms with Gasteiger partial charge in [0, 0.05) is 18.7 Å². The topological polar surface area (TPSA) is 112 Å². The average molecular weight is 460 g/mol. The van der Waals surface area contributed by atoms with Gasteiger partial charge in [-0.3, -0.25) is 4.79 Å². The lowest BCUT2D eigenvalue weighted by Crippen LogP contribution is -2.41. The van der Waals surface area contributed by atoms with E-state index >= 15 is 0 Å². The van der Waals surface area contributed by atoms with Gasteiger partial charge >= 0.3 is 0 Å². The summed E-state index contributed by atoms with van der Waals surface area (Å²) in [5, 5.41) is 18.9. The summed E-state index contributed by atoms with van der Waals surface area (Å²) in [6, 6.07) is 9.35. The number of aryl methyl sites for hydroxylation is 1. The first-order valence-corrected chi connectivity index (χ1v) is 9.72. The maximum Gasteiger partial charge on any atom is 0.273 e. The summed E-state index contributed by atoms with van der Waals surface area (Å²) < 4.78 is 32.2. The highest BCUT2D eigenvalue weighted by molar-refractivity contribution is 6.29. The fourth-order valence-electron chi connectivity index (χ4n) is 3.05. The molecule has 3 aromatic heterocycles. The van der Waals surface area contributed by atoms with E-state index in [0.717, 1.165) is 12.1 Å². The summed E-state index contributed by atoms with van der Waals surface area (Å²) in [4.78, 5) is 18.3. The molecule has 0 radical (unpaired) electrons. The third kappa shape index (κ3) is 4.19. The second kappa shape index (κ2) is 8.42. The van der Waals surface area contributed by atoms with Crippen molar-refractivity contribution in [2.45, 2.75) is 12.3 Å². The minimum Gasteiger partial charge on any atom is -0.355 e. The Morgan fingerprint density at radius 2 is 2.06 bits per heavy atom. The van der Waals surface area contributed by atoms with Crippen molar-refractivity contribution in [3.05, 3.63) is 76.5 Å². The molecular formula is C20H16ClF2N7O2. The SMILES string of the molecule is Cn1nnc(C(C)(CNC(=O)c2cc(-c3ccc(F)cc3F)on2)c2cccc(Cl)n2)n1. The standard InChI is InChI=1S/C20H16ClF2N7O2/c1-20(19-26-29-30(2)27-19,16-4-3-5-17(21)25-16)10-24-18(31)14-9-15(32-28-14)12-7-6-11(22)8-13(12)23/h3-9H,10H2,1-2H3,(H,24,31). The monoisotopic (exact) mass is 459 g/mol. The molecule has 4 aromatic rings. The number of carbonyl (C=O) groups excluding carboxylic acids is 1. The summed E-state index contributed by atoms with van der Waals surface area (Å²) in [6.45, 7) is 1.81. The van der Waals surface area contributed by atoms with Crippen molar-refractivity contribution in [1.82, 2.24) is 35.7 Å². The van der Waals surface area contributed by atoms with E-state index in [1.165, 1.54) is 16.9 Å². The Bertz CT molecular complexity index is 1290. The number of nitrogens with zero attached hydrogens (tertiary/aromatic N) is 6. The number of hydrogen-bond donors (Lipinski definition) is 1. The molecule has 1 atom stereocenters. The highest BCUT2D eigenvalue weighted by Gasteiger charge is 2.36. The number of rotatable bonds is 6. The molecule has 1 unspecified atom stereocenters. The molecule has 9 nitrogen and oxygen atoms in total. The highest BCUT2D eigenvalue weighted by Crippen LogP contribution is 2.28. The lowest BCUT2D eigenvalue weighted by Gasteiger charge is -2.25. The van der Waals surface area contributed by atoms with E-state index in [1.54, 1.807) is 32.2 Å². The fourth-order valence-corrected chi connectivity index (χ4v) is 3.21. The molecule has 0 aliphatic carbocycles. The molecule has 0 saturated heterocycles. The van der Waals surface area contributed by atoms with Crippen LogP contribution in [0.4, 0.5) is 8.78 Å². The second-order valence-electron chi connectivity index (χ2n) is 7.16. The zero-order chi connectivity index (χ0) is 22.9. The molecule has 0 bridgehead atoms. The fraction of sp³-hybridized carbons (Fsp3) is 0.200. The van der Waals surface area contributed by atoms with Crippen LogP contribution in [0.1, 0.15) is 28.9 Å². The van der Waals surface area contributed by atoms with Crippen LogP contribution in [0.15, 0.2) is 47.0 Å². The lowest BCUT2D eigenvalue weighted by atomic mass is 9.85. The van der Waals surface area contributed by atoms with Crippen molar-refractivity contribution in [1.29, 1.82) is 0 Å². The maximum absolute atomic E-state index is 14.0. The molecule has 4 rings (SSSR count). The molecule has 0 aliphatic heterocycles. The van der Waals surface area contributed by atoms with Crippen LogP contribution in [0.25, 0.3) is 11.3 Å². The number of pyridine rings is 1. The number of tetrazole rings is 1. The smallest absolute Gasteiger partial charge is 0.273 e. The van der Waals surface area contributed by atoms with Crippen LogP contribution >= 0.6 is 11.6 Å². The first-order valence-electron chi connectivity index (χ1n) is 9.34. The van der Waals surface area contributed by atoms with Gasteiger partial charge in [-0.2, -0.15) is 4.80 Å². The van der Waals surface area contributed by atoms with Crippen molar-refractivity contribution in [3.63, 3.8) is 0 Å². The normalized spacial score (nSPS) is 13.0. The Morgan fingerprint density at radius 1 is 1.25 bits per heavy atom. The molecule has 0 aliphatic rings. The van der Waals surface area contributed by atoms with Gasteiger partial charge in [0.1, 0.15) is 16.8 Å². The molecule has 0 spiro atoms. The predicted octanol–water partition coefficient (Wildman–Crippen LogP) is 2.93. The molecule has 1 N–H and O–H groups in total. The first kappa shape index (κ1) is 21.5. The summed E-state index contributed by atoms with van der Waals surface area (Å²) in [7, 11) is 1.62. The predicted molar refractivity (Wildman–Crippen MR) is 109 cm³/mol. The van der Waals surface area contributed by atoms with E-state index in [0.29, 0.717) is 11.5 Å². The third-order valence-corrected chi connectivity index (χ3v) is 5.03. The zero-order valence-electron chi connectivity index (χ0n) is 16.9. The summed E-state index contributed by atoms with van der Waals surface area (Å²) in [5.74, 6) is -1.83. The van der Waals surface area contributed by atoms with Crippen molar-refractivity contribution in [2.24, 2.45) is 7.05 Å². The van der Waals surface area contributed by atoms with Gasteiger partial charge in [0.2, 0.25) is 0 Å². The van der Waals surface area contributed by atoms with Crippen molar-refractivity contribution in [3.8, 4) is 11.3 Å². The second-order valence-corrected chi connectivity index (χ2v) is 7.55. The average Bonchev–Trinajstić information content (AvgIpc) is 3.41. The number of aromatic nitrogens is 6. The minimum atomic E-state index is -0.968. The summed E-state index contributed by atoms with van der Waals surface area (Å²) in [5.41, 5.74) is -0.552. The van der Waals surface area contributed by atoms with Gasteiger partial charge in [0.15, 0.2) is 17.3 Å². The number of benzene rings is 1. The Balaban J connectivity index is 1.58. The van der Waals surface area contributed by atoms with Crippen molar-refractivity contribution in [2.75, 3.05) is 6.54 Å². The van der Waals surface area contributed by atoms with E-state index in [4.69, 9.17) is 16.1 Å². The van der Waals surface area contributed by atoms with Gasteiger partial charge < -0.3 is 9.84 Å². The number of amides is 1. The van der Waals surface area contributed by atoms with Gasteiger partial charge in [0.05, 0.1) is 23.7 Å². The number of halogens is 3. The molecule has 0 fully saturated rings.